The molecule has 1 aliphatic heterocycles. The van der Waals surface area contributed by atoms with Crippen LogP contribution in [-0.2, 0) is 14.3 Å². The van der Waals surface area contributed by atoms with Gasteiger partial charge in [0.1, 0.15) is 0 Å². The van der Waals surface area contributed by atoms with Gasteiger partial charge in [0.2, 0.25) is 12.3 Å². The third-order valence-electron chi connectivity index (χ3n) is 4.83. The molecule has 1 fully saturated rings. The third-order valence-corrected chi connectivity index (χ3v) is 4.83. The number of hydrogen-bond acceptors (Lipinski definition) is 4. The lowest BCUT2D eigenvalue weighted by atomic mass is 9.94. The summed E-state index contributed by atoms with van der Waals surface area (Å²) in [6.07, 6.45) is 6.17. The molecule has 6 nitrogen and oxygen atoms in total. The van der Waals surface area contributed by atoms with Gasteiger partial charge < -0.3 is 20.3 Å². The van der Waals surface area contributed by atoms with Gasteiger partial charge in [0.05, 0.1) is 6.10 Å². The Hall–Kier alpha value is -1.14. The summed E-state index contributed by atoms with van der Waals surface area (Å²) in [5.41, 5.74) is -0.187. The van der Waals surface area contributed by atoms with Gasteiger partial charge >= 0.3 is 0 Å². The summed E-state index contributed by atoms with van der Waals surface area (Å²) in [4.78, 5) is 23.8. The highest BCUT2D eigenvalue weighted by atomic mass is 16.5. The lowest BCUT2D eigenvalue weighted by Crippen LogP contribution is -2.48. The molecule has 1 heterocycles. The highest BCUT2D eigenvalue weighted by molar-refractivity contribution is 5.79. The van der Waals surface area contributed by atoms with Crippen LogP contribution in [-0.4, -0.2) is 62.1 Å². The number of ether oxygens (including phenoxy) is 1. The van der Waals surface area contributed by atoms with Gasteiger partial charge in [0.15, 0.2) is 0 Å². The minimum Gasteiger partial charge on any atom is -0.378 e. The van der Waals surface area contributed by atoms with Crippen LogP contribution in [0.5, 0.6) is 0 Å². The molecule has 0 saturated carbocycles. The fraction of sp³-hybridized carbons (Fsp3) is 0.909. The second kappa shape index (κ2) is 14.8. The molecule has 1 rings (SSSR count). The lowest BCUT2D eigenvalue weighted by molar-refractivity contribution is -0.127. The van der Waals surface area contributed by atoms with Gasteiger partial charge in [-0.05, 0) is 65.5 Å². The Morgan fingerprint density at radius 1 is 1.29 bits per heavy atom. The maximum atomic E-state index is 12.2. The molecule has 0 aromatic rings. The van der Waals surface area contributed by atoms with E-state index >= 15 is 0 Å². The quantitative estimate of drug-likeness (QED) is 0.524. The minimum absolute atomic E-state index is 0.176. The molecule has 0 bridgehead atoms. The third kappa shape index (κ3) is 13.9. The van der Waals surface area contributed by atoms with Crippen LogP contribution in [0.4, 0.5) is 0 Å². The Morgan fingerprint density at radius 3 is 2.36 bits per heavy atom. The monoisotopic (exact) mass is 399 g/mol. The summed E-state index contributed by atoms with van der Waals surface area (Å²) in [7, 11) is 1.78. The SMILES string of the molecule is CC(C)CN(C)C=O.CCCC(C)OCCC(C)(C)NC(=O)C1CCNCC1. The molecule has 0 aromatic heterocycles. The van der Waals surface area contributed by atoms with Crippen LogP contribution < -0.4 is 10.6 Å². The Labute approximate surface area is 173 Å². The van der Waals surface area contributed by atoms with Crippen molar-refractivity contribution in [1.82, 2.24) is 15.5 Å². The molecule has 28 heavy (non-hydrogen) atoms. The number of amides is 2. The van der Waals surface area contributed by atoms with E-state index in [2.05, 4.69) is 52.2 Å². The van der Waals surface area contributed by atoms with Gasteiger partial charge in [0, 0.05) is 31.7 Å². The van der Waals surface area contributed by atoms with E-state index in [1.54, 1.807) is 11.9 Å². The van der Waals surface area contributed by atoms with Gasteiger partial charge in [-0.25, -0.2) is 0 Å². The molecule has 0 radical (unpaired) electrons. The van der Waals surface area contributed by atoms with E-state index in [0.29, 0.717) is 18.6 Å². The van der Waals surface area contributed by atoms with E-state index in [-0.39, 0.29) is 17.4 Å². The zero-order valence-electron chi connectivity index (χ0n) is 19.3. The standard InChI is InChI=1S/C16H32N2O2.C6H13NO/c1-5-6-13(2)20-12-9-16(3,4)18-15(19)14-7-10-17-11-8-14;1-6(2)4-7(3)5-8/h13-14,17H,5-12H2,1-4H3,(H,18,19);5-6H,4H2,1-3H3. The summed E-state index contributed by atoms with van der Waals surface area (Å²) in [6.45, 7) is 16.1. The summed E-state index contributed by atoms with van der Waals surface area (Å²) in [6, 6.07) is 0. The molecule has 2 amide bonds. The van der Waals surface area contributed by atoms with Crippen molar-refractivity contribution in [2.45, 2.75) is 85.3 Å². The topological polar surface area (TPSA) is 70.7 Å². The molecule has 1 saturated heterocycles. The summed E-state index contributed by atoms with van der Waals surface area (Å²) < 4.78 is 5.78. The molecule has 166 valence electrons. The van der Waals surface area contributed by atoms with Crippen LogP contribution in [0.2, 0.25) is 0 Å². The van der Waals surface area contributed by atoms with Crippen LogP contribution in [0.15, 0.2) is 0 Å². The zero-order chi connectivity index (χ0) is 21.6. The predicted octanol–water partition coefficient (Wildman–Crippen LogP) is 3.21. The van der Waals surface area contributed by atoms with Gasteiger partial charge in [0.25, 0.3) is 0 Å². The van der Waals surface area contributed by atoms with Crippen molar-refractivity contribution in [2.75, 3.05) is 33.3 Å². The number of carbonyl (C=O) groups excluding carboxylic acids is 2. The average molecular weight is 400 g/mol. The number of piperidine rings is 1. The predicted molar refractivity (Wildman–Crippen MR) is 116 cm³/mol. The molecule has 1 unspecified atom stereocenters. The zero-order valence-corrected chi connectivity index (χ0v) is 19.3. The molecule has 0 aliphatic carbocycles. The van der Waals surface area contributed by atoms with E-state index in [1.165, 1.54) is 0 Å². The Kier molecular flexibility index (Phi) is 14.2. The lowest BCUT2D eigenvalue weighted by Gasteiger charge is -2.30. The second-order valence-corrected chi connectivity index (χ2v) is 9.06. The molecule has 0 aromatic carbocycles. The van der Waals surface area contributed by atoms with Gasteiger partial charge in [-0.15, -0.1) is 0 Å². The number of carbonyl (C=O) groups is 2. The maximum absolute atomic E-state index is 12.2. The van der Waals surface area contributed by atoms with Crippen molar-refractivity contribution in [3.8, 4) is 0 Å². The minimum atomic E-state index is -0.187. The van der Waals surface area contributed by atoms with Crippen LogP contribution in [0.1, 0.15) is 73.6 Å². The van der Waals surface area contributed by atoms with Gasteiger partial charge in [-0.3, -0.25) is 9.59 Å². The van der Waals surface area contributed by atoms with Crippen molar-refractivity contribution in [2.24, 2.45) is 11.8 Å². The molecule has 6 heteroatoms. The number of nitrogens with one attached hydrogen (secondary N) is 2. The summed E-state index contributed by atoms with van der Waals surface area (Å²) in [5.74, 6) is 0.957. The van der Waals surface area contributed by atoms with Crippen molar-refractivity contribution < 1.29 is 14.3 Å². The first-order chi connectivity index (χ1) is 13.1. The number of nitrogens with zero attached hydrogens (tertiary/aromatic N) is 1. The average Bonchev–Trinajstić information content (AvgIpc) is 2.62. The second-order valence-electron chi connectivity index (χ2n) is 9.06. The van der Waals surface area contributed by atoms with Crippen molar-refractivity contribution in [3.63, 3.8) is 0 Å². The smallest absolute Gasteiger partial charge is 0.223 e. The maximum Gasteiger partial charge on any atom is 0.223 e. The summed E-state index contributed by atoms with van der Waals surface area (Å²) in [5, 5.41) is 6.48. The first-order valence-corrected chi connectivity index (χ1v) is 10.9. The highest BCUT2D eigenvalue weighted by Gasteiger charge is 2.26. The normalized spacial score (nSPS) is 16.1. The van der Waals surface area contributed by atoms with E-state index in [9.17, 15) is 9.59 Å². The van der Waals surface area contributed by atoms with Crippen molar-refractivity contribution in [1.29, 1.82) is 0 Å². The number of rotatable bonds is 11. The van der Waals surface area contributed by atoms with Crippen LogP contribution in [0, 0.1) is 11.8 Å². The van der Waals surface area contributed by atoms with Crippen LogP contribution in [0.3, 0.4) is 0 Å². The Balaban J connectivity index is 0.000000769. The fourth-order valence-electron chi connectivity index (χ4n) is 3.21. The molecule has 0 spiro atoms. The highest BCUT2D eigenvalue weighted by Crippen LogP contribution is 2.16. The van der Waals surface area contributed by atoms with Gasteiger partial charge in [-0.2, -0.15) is 0 Å². The number of hydrogen-bond donors (Lipinski definition) is 2. The van der Waals surface area contributed by atoms with E-state index in [0.717, 1.165) is 58.1 Å². The van der Waals surface area contributed by atoms with Gasteiger partial charge in [-0.1, -0.05) is 27.2 Å². The Morgan fingerprint density at radius 2 is 1.89 bits per heavy atom. The first kappa shape index (κ1) is 26.9. The summed E-state index contributed by atoms with van der Waals surface area (Å²) >= 11 is 0. The van der Waals surface area contributed by atoms with Crippen LogP contribution >= 0.6 is 0 Å². The van der Waals surface area contributed by atoms with E-state index < -0.39 is 0 Å². The molecular formula is C22H45N3O3. The van der Waals surface area contributed by atoms with Crippen molar-refractivity contribution in [3.05, 3.63) is 0 Å². The van der Waals surface area contributed by atoms with E-state index in [4.69, 9.17) is 4.74 Å². The van der Waals surface area contributed by atoms with Crippen molar-refractivity contribution >= 4 is 12.3 Å². The van der Waals surface area contributed by atoms with E-state index in [1.807, 2.05) is 0 Å². The Bertz CT molecular complexity index is 421. The molecule has 1 aliphatic rings. The molecular weight excluding hydrogens is 354 g/mol. The fourth-order valence-corrected chi connectivity index (χ4v) is 3.21. The molecule has 2 N–H and O–H groups in total. The first-order valence-electron chi connectivity index (χ1n) is 10.9. The largest absolute Gasteiger partial charge is 0.378 e. The molecule has 1 atom stereocenters. The van der Waals surface area contributed by atoms with Crippen LogP contribution in [0.25, 0.3) is 0 Å².